The van der Waals surface area contributed by atoms with E-state index in [1.54, 1.807) is 0 Å². The number of carbonyl (C=O) groups excluding carboxylic acids is 1. The molecule has 4 heteroatoms. The van der Waals surface area contributed by atoms with Gasteiger partial charge in [-0.1, -0.05) is 6.42 Å². The second-order valence-electron chi connectivity index (χ2n) is 7.89. The predicted octanol–water partition coefficient (Wildman–Crippen LogP) is 1.88. The molecular formula is C16H31N3O. The van der Waals surface area contributed by atoms with Crippen LogP contribution in [0, 0.1) is 5.41 Å². The fraction of sp³-hybridized carbons (Fsp3) is 0.938. The third-order valence-electron chi connectivity index (χ3n) is 5.85. The fourth-order valence-corrected chi connectivity index (χ4v) is 3.39. The van der Waals surface area contributed by atoms with Gasteiger partial charge in [-0.3, -0.25) is 4.79 Å². The molecule has 2 unspecified atom stereocenters. The highest BCUT2D eigenvalue weighted by Gasteiger charge is 2.43. The molecule has 0 aromatic carbocycles. The van der Waals surface area contributed by atoms with Gasteiger partial charge >= 0.3 is 0 Å². The summed E-state index contributed by atoms with van der Waals surface area (Å²) in [6.07, 6.45) is 6.04. The van der Waals surface area contributed by atoms with Crippen LogP contribution in [0.25, 0.3) is 0 Å². The van der Waals surface area contributed by atoms with Gasteiger partial charge in [0.1, 0.15) is 0 Å². The number of nitrogens with one attached hydrogen (secondary N) is 1. The number of fused-ring (bicyclic) bond motifs is 2. The maximum Gasteiger partial charge on any atom is 0.227 e. The van der Waals surface area contributed by atoms with Gasteiger partial charge in [0, 0.05) is 23.7 Å². The molecule has 2 fully saturated rings. The van der Waals surface area contributed by atoms with Crippen molar-refractivity contribution in [3.05, 3.63) is 0 Å². The van der Waals surface area contributed by atoms with Crippen LogP contribution in [-0.2, 0) is 4.79 Å². The molecule has 4 nitrogen and oxygen atoms in total. The lowest BCUT2D eigenvalue weighted by molar-refractivity contribution is -0.133. The first-order chi connectivity index (χ1) is 9.13. The number of rotatable bonds is 3. The van der Waals surface area contributed by atoms with Gasteiger partial charge in [-0.05, 0) is 60.4 Å². The third-order valence-corrected chi connectivity index (χ3v) is 5.85. The second-order valence-corrected chi connectivity index (χ2v) is 7.89. The first kappa shape index (κ1) is 15.8. The molecule has 0 aliphatic carbocycles. The summed E-state index contributed by atoms with van der Waals surface area (Å²) >= 11 is 0. The van der Waals surface area contributed by atoms with Gasteiger partial charge in [0.25, 0.3) is 0 Å². The van der Waals surface area contributed by atoms with Gasteiger partial charge in [-0.2, -0.15) is 0 Å². The molecule has 2 saturated heterocycles. The van der Waals surface area contributed by atoms with Crippen molar-refractivity contribution in [1.29, 1.82) is 0 Å². The van der Waals surface area contributed by atoms with Crippen LogP contribution in [0.5, 0.6) is 0 Å². The Balaban J connectivity index is 1.99. The molecule has 2 aliphatic heterocycles. The molecule has 0 radical (unpaired) electrons. The van der Waals surface area contributed by atoms with Crippen molar-refractivity contribution in [2.24, 2.45) is 11.1 Å². The molecule has 116 valence electrons. The Morgan fingerprint density at radius 1 is 1.15 bits per heavy atom. The fourth-order valence-electron chi connectivity index (χ4n) is 3.39. The lowest BCUT2D eigenvalue weighted by atomic mass is 9.74. The lowest BCUT2D eigenvalue weighted by Crippen LogP contribution is -2.60. The van der Waals surface area contributed by atoms with E-state index in [0.717, 1.165) is 12.8 Å². The molecular weight excluding hydrogens is 250 g/mol. The Labute approximate surface area is 123 Å². The van der Waals surface area contributed by atoms with Crippen LogP contribution in [0.1, 0.15) is 59.8 Å². The molecule has 0 aromatic heterocycles. The van der Waals surface area contributed by atoms with Crippen molar-refractivity contribution < 1.29 is 4.79 Å². The summed E-state index contributed by atoms with van der Waals surface area (Å²) in [5.41, 5.74) is 5.10. The summed E-state index contributed by atoms with van der Waals surface area (Å²) in [6, 6.07) is 1.60. The first-order valence-corrected chi connectivity index (χ1v) is 7.94. The van der Waals surface area contributed by atoms with E-state index in [0.29, 0.717) is 18.1 Å². The van der Waals surface area contributed by atoms with Gasteiger partial charge < -0.3 is 16.0 Å². The summed E-state index contributed by atoms with van der Waals surface area (Å²) in [5, 5.41) is 3.27. The lowest BCUT2D eigenvalue weighted by Gasteiger charge is -2.48. The van der Waals surface area contributed by atoms with Crippen LogP contribution in [0.3, 0.4) is 0 Å². The maximum atomic E-state index is 12.6. The average molecular weight is 281 g/mol. The SMILES string of the molecule is CN1C2CCCC1CC(NC(=O)C(C)(C)C(C)(C)N)C2. The van der Waals surface area contributed by atoms with E-state index in [1.807, 2.05) is 27.7 Å². The summed E-state index contributed by atoms with van der Waals surface area (Å²) in [5.74, 6) is 0.0950. The summed E-state index contributed by atoms with van der Waals surface area (Å²) in [4.78, 5) is 15.1. The molecule has 0 aromatic rings. The Hall–Kier alpha value is -0.610. The van der Waals surface area contributed by atoms with Gasteiger partial charge in [-0.15, -0.1) is 0 Å². The maximum absolute atomic E-state index is 12.6. The molecule has 2 aliphatic rings. The van der Waals surface area contributed by atoms with Crippen molar-refractivity contribution in [3.8, 4) is 0 Å². The van der Waals surface area contributed by atoms with Crippen LogP contribution in [0.4, 0.5) is 0 Å². The normalized spacial score (nSPS) is 32.0. The van der Waals surface area contributed by atoms with Crippen molar-refractivity contribution >= 4 is 5.91 Å². The van der Waals surface area contributed by atoms with Crippen LogP contribution >= 0.6 is 0 Å². The zero-order chi connectivity index (χ0) is 15.1. The van der Waals surface area contributed by atoms with Crippen LogP contribution in [0.2, 0.25) is 0 Å². The van der Waals surface area contributed by atoms with Crippen molar-refractivity contribution in [1.82, 2.24) is 10.2 Å². The Morgan fingerprint density at radius 2 is 1.65 bits per heavy atom. The van der Waals surface area contributed by atoms with E-state index >= 15 is 0 Å². The molecule has 20 heavy (non-hydrogen) atoms. The predicted molar refractivity (Wildman–Crippen MR) is 82.4 cm³/mol. The summed E-state index contributed by atoms with van der Waals surface area (Å²) in [6.45, 7) is 7.74. The smallest absolute Gasteiger partial charge is 0.227 e. The average Bonchev–Trinajstić information content (AvgIpc) is 2.28. The van der Waals surface area contributed by atoms with Crippen LogP contribution < -0.4 is 11.1 Å². The molecule has 0 spiro atoms. The number of piperidine rings is 2. The van der Waals surface area contributed by atoms with E-state index in [9.17, 15) is 4.79 Å². The number of nitrogens with zero attached hydrogens (tertiary/aromatic N) is 1. The Kier molecular flexibility index (Phi) is 4.18. The molecule has 1 amide bonds. The minimum absolute atomic E-state index is 0.0950. The third kappa shape index (κ3) is 2.86. The standard InChI is InChI=1S/C16H31N3O/c1-15(2,16(3,4)17)14(20)18-11-9-12-7-6-8-13(10-11)19(12)5/h11-13H,6-10,17H2,1-5H3,(H,18,20). The second kappa shape index (κ2) is 5.30. The molecule has 2 bridgehead atoms. The molecule has 2 rings (SSSR count). The van der Waals surface area contributed by atoms with E-state index in [4.69, 9.17) is 5.73 Å². The number of carbonyl (C=O) groups is 1. The highest BCUT2D eigenvalue weighted by atomic mass is 16.2. The topological polar surface area (TPSA) is 58.4 Å². The van der Waals surface area contributed by atoms with Gasteiger partial charge in [0.15, 0.2) is 0 Å². The van der Waals surface area contributed by atoms with Crippen molar-refractivity contribution in [2.45, 2.75) is 83.5 Å². The quantitative estimate of drug-likeness (QED) is 0.830. The number of hydrogen-bond donors (Lipinski definition) is 2. The van der Waals surface area contributed by atoms with E-state index in [-0.39, 0.29) is 5.91 Å². The van der Waals surface area contributed by atoms with Gasteiger partial charge in [0.2, 0.25) is 5.91 Å². The highest BCUT2D eigenvalue weighted by molar-refractivity contribution is 5.83. The number of hydrogen-bond acceptors (Lipinski definition) is 3. The molecule has 0 saturated carbocycles. The largest absolute Gasteiger partial charge is 0.353 e. The van der Waals surface area contributed by atoms with Crippen LogP contribution in [0.15, 0.2) is 0 Å². The molecule has 3 N–H and O–H groups in total. The van der Waals surface area contributed by atoms with Crippen molar-refractivity contribution in [2.75, 3.05) is 7.05 Å². The number of amides is 1. The van der Waals surface area contributed by atoms with Gasteiger partial charge in [-0.25, -0.2) is 0 Å². The van der Waals surface area contributed by atoms with E-state index in [2.05, 4.69) is 17.3 Å². The Morgan fingerprint density at radius 3 is 2.10 bits per heavy atom. The molecule has 2 heterocycles. The number of nitrogens with two attached hydrogens (primary N) is 1. The monoisotopic (exact) mass is 281 g/mol. The zero-order valence-electron chi connectivity index (χ0n) is 13.7. The van der Waals surface area contributed by atoms with Crippen molar-refractivity contribution in [3.63, 3.8) is 0 Å². The molecule has 2 atom stereocenters. The summed E-state index contributed by atoms with van der Waals surface area (Å²) in [7, 11) is 2.24. The highest BCUT2D eigenvalue weighted by Crippen LogP contribution is 2.34. The van der Waals surface area contributed by atoms with E-state index in [1.165, 1.54) is 19.3 Å². The summed E-state index contributed by atoms with van der Waals surface area (Å²) < 4.78 is 0. The minimum atomic E-state index is -0.550. The van der Waals surface area contributed by atoms with E-state index < -0.39 is 11.0 Å². The first-order valence-electron chi connectivity index (χ1n) is 7.94. The minimum Gasteiger partial charge on any atom is -0.353 e. The van der Waals surface area contributed by atoms with Crippen LogP contribution in [-0.4, -0.2) is 41.5 Å². The van der Waals surface area contributed by atoms with Gasteiger partial charge in [0.05, 0.1) is 5.41 Å². The zero-order valence-corrected chi connectivity index (χ0v) is 13.7. The Bertz CT molecular complexity index is 358.